The zero-order chi connectivity index (χ0) is 9.84. The molecule has 13 heavy (non-hydrogen) atoms. The molecule has 0 aliphatic heterocycles. The highest BCUT2D eigenvalue weighted by Gasteiger charge is 2.12. The van der Waals surface area contributed by atoms with E-state index in [-0.39, 0.29) is 0 Å². The van der Waals surface area contributed by atoms with Gasteiger partial charge in [0.2, 0.25) is 0 Å². The van der Waals surface area contributed by atoms with E-state index < -0.39 is 11.2 Å². The molecular weight excluding hydrogens is 190 g/mol. The molecule has 0 aromatic carbocycles. The first-order valence-corrected chi connectivity index (χ1v) is 4.91. The summed E-state index contributed by atoms with van der Waals surface area (Å²) in [6, 6.07) is 1.81. The highest BCUT2D eigenvalue weighted by molar-refractivity contribution is 7.99. The van der Waals surface area contributed by atoms with E-state index in [1.54, 1.807) is 6.92 Å². The maximum atomic E-state index is 10.5. The summed E-state index contributed by atoms with van der Waals surface area (Å²) < 4.78 is 4.93. The normalized spacial score (nSPS) is 12.8. The van der Waals surface area contributed by atoms with Crippen LogP contribution in [-0.4, -0.2) is 21.5 Å². The molecule has 0 saturated heterocycles. The molecular formula is C8H11NO3S. The minimum atomic E-state index is -0.804. The lowest BCUT2D eigenvalue weighted by atomic mass is 10.4. The fourth-order valence-electron chi connectivity index (χ4n) is 0.763. The van der Waals surface area contributed by atoms with Gasteiger partial charge in [0.1, 0.15) is 5.76 Å². The summed E-state index contributed by atoms with van der Waals surface area (Å²) >= 11 is 1.32. The van der Waals surface area contributed by atoms with E-state index in [0.29, 0.717) is 5.75 Å². The van der Waals surface area contributed by atoms with Gasteiger partial charge in [0.25, 0.3) is 0 Å². The molecule has 0 aliphatic carbocycles. The van der Waals surface area contributed by atoms with Gasteiger partial charge in [-0.25, -0.2) is 0 Å². The molecule has 1 aromatic rings. The van der Waals surface area contributed by atoms with Gasteiger partial charge in [-0.1, -0.05) is 5.16 Å². The molecule has 72 valence electrons. The second kappa shape index (κ2) is 4.32. The van der Waals surface area contributed by atoms with E-state index in [0.717, 1.165) is 11.5 Å². The standard InChI is InChI=1S/C8H11NO3S/c1-5-3-7(12-9-5)4-13-6(2)8(10)11/h3,6H,4H2,1-2H3,(H,10,11). The predicted octanol–water partition coefficient (Wildman–Crippen LogP) is 1.69. The zero-order valence-electron chi connectivity index (χ0n) is 7.48. The summed E-state index contributed by atoms with van der Waals surface area (Å²) in [7, 11) is 0. The van der Waals surface area contributed by atoms with Crippen LogP contribution in [0.4, 0.5) is 0 Å². The molecule has 1 rings (SSSR count). The van der Waals surface area contributed by atoms with Crippen LogP contribution in [0, 0.1) is 6.92 Å². The average molecular weight is 201 g/mol. The first-order chi connectivity index (χ1) is 6.09. The number of carbonyl (C=O) groups is 1. The third-order valence-electron chi connectivity index (χ3n) is 1.50. The van der Waals surface area contributed by atoms with E-state index in [2.05, 4.69) is 5.16 Å². The fourth-order valence-corrected chi connectivity index (χ4v) is 1.46. The Morgan fingerprint density at radius 2 is 2.54 bits per heavy atom. The van der Waals surface area contributed by atoms with Crippen molar-refractivity contribution in [1.82, 2.24) is 5.16 Å². The largest absolute Gasteiger partial charge is 0.480 e. The van der Waals surface area contributed by atoms with Gasteiger partial charge in [-0.2, -0.15) is 0 Å². The van der Waals surface area contributed by atoms with Crippen molar-refractivity contribution in [3.63, 3.8) is 0 Å². The average Bonchev–Trinajstić information content (AvgIpc) is 2.47. The summed E-state index contributed by atoms with van der Waals surface area (Å²) in [5.74, 6) is 0.464. The molecule has 0 saturated carbocycles. The second-order valence-electron chi connectivity index (χ2n) is 2.73. The Hall–Kier alpha value is -0.970. The fraction of sp³-hybridized carbons (Fsp3) is 0.500. The minimum Gasteiger partial charge on any atom is -0.480 e. The number of aliphatic carboxylic acids is 1. The van der Waals surface area contributed by atoms with Crippen molar-refractivity contribution in [2.75, 3.05) is 0 Å². The van der Waals surface area contributed by atoms with E-state index in [1.165, 1.54) is 11.8 Å². The molecule has 1 N–H and O–H groups in total. The number of carboxylic acids is 1. The van der Waals surface area contributed by atoms with Crippen LogP contribution in [0.25, 0.3) is 0 Å². The Morgan fingerprint density at radius 1 is 1.85 bits per heavy atom. The summed E-state index contributed by atoms with van der Waals surface area (Å²) in [4.78, 5) is 10.5. The van der Waals surface area contributed by atoms with Crippen LogP contribution < -0.4 is 0 Å². The quantitative estimate of drug-likeness (QED) is 0.803. The van der Waals surface area contributed by atoms with E-state index in [4.69, 9.17) is 9.63 Å². The van der Waals surface area contributed by atoms with Gasteiger partial charge in [0, 0.05) is 6.07 Å². The van der Waals surface area contributed by atoms with Crippen LogP contribution in [0.3, 0.4) is 0 Å². The summed E-state index contributed by atoms with van der Waals surface area (Å²) in [6.45, 7) is 3.48. The third-order valence-corrected chi connectivity index (χ3v) is 2.65. The molecule has 0 fully saturated rings. The third kappa shape index (κ3) is 3.10. The van der Waals surface area contributed by atoms with Crippen molar-refractivity contribution < 1.29 is 14.4 Å². The van der Waals surface area contributed by atoms with E-state index >= 15 is 0 Å². The molecule has 4 nitrogen and oxygen atoms in total. The lowest BCUT2D eigenvalue weighted by molar-refractivity contribution is -0.136. The van der Waals surface area contributed by atoms with Gasteiger partial charge in [-0.3, -0.25) is 4.79 Å². The molecule has 5 heteroatoms. The van der Waals surface area contributed by atoms with Crippen molar-refractivity contribution in [2.45, 2.75) is 24.9 Å². The Bertz CT molecular complexity index is 297. The Balaban J connectivity index is 2.39. The number of aromatic nitrogens is 1. The van der Waals surface area contributed by atoms with Crippen molar-refractivity contribution in [3.05, 3.63) is 17.5 Å². The first kappa shape index (κ1) is 10.1. The van der Waals surface area contributed by atoms with Gasteiger partial charge in [0.15, 0.2) is 0 Å². The van der Waals surface area contributed by atoms with Crippen LogP contribution in [0.5, 0.6) is 0 Å². The molecule has 0 radical (unpaired) electrons. The second-order valence-corrected chi connectivity index (χ2v) is 4.06. The SMILES string of the molecule is Cc1cc(CSC(C)C(=O)O)on1. The van der Waals surface area contributed by atoms with Crippen LogP contribution >= 0.6 is 11.8 Å². The Kier molecular flexibility index (Phi) is 3.36. The van der Waals surface area contributed by atoms with Crippen molar-refractivity contribution in [3.8, 4) is 0 Å². The van der Waals surface area contributed by atoms with E-state index in [9.17, 15) is 4.79 Å². The van der Waals surface area contributed by atoms with Crippen LogP contribution in [0.15, 0.2) is 10.6 Å². The Labute approximate surface area is 80.3 Å². The summed E-state index contributed by atoms with van der Waals surface area (Å²) in [6.07, 6.45) is 0. The lowest BCUT2D eigenvalue weighted by Crippen LogP contribution is -2.11. The number of aryl methyl sites for hydroxylation is 1. The molecule has 0 spiro atoms. The van der Waals surface area contributed by atoms with Gasteiger partial charge in [-0.05, 0) is 13.8 Å². The van der Waals surface area contributed by atoms with Crippen LogP contribution in [0.1, 0.15) is 18.4 Å². The highest BCUT2D eigenvalue weighted by atomic mass is 32.2. The van der Waals surface area contributed by atoms with Gasteiger partial charge >= 0.3 is 5.97 Å². The van der Waals surface area contributed by atoms with Crippen LogP contribution in [-0.2, 0) is 10.5 Å². The van der Waals surface area contributed by atoms with Crippen molar-refractivity contribution in [1.29, 1.82) is 0 Å². The summed E-state index contributed by atoms with van der Waals surface area (Å²) in [5, 5.41) is 11.9. The maximum Gasteiger partial charge on any atom is 0.316 e. The predicted molar refractivity (Wildman–Crippen MR) is 49.6 cm³/mol. The molecule has 0 amide bonds. The van der Waals surface area contributed by atoms with E-state index in [1.807, 2.05) is 13.0 Å². The van der Waals surface area contributed by atoms with Crippen molar-refractivity contribution >= 4 is 17.7 Å². The smallest absolute Gasteiger partial charge is 0.316 e. The molecule has 1 unspecified atom stereocenters. The maximum absolute atomic E-state index is 10.5. The number of thioether (sulfide) groups is 1. The van der Waals surface area contributed by atoms with Gasteiger partial charge in [0.05, 0.1) is 16.7 Å². The molecule has 1 atom stereocenters. The lowest BCUT2D eigenvalue weighted by Gasteiger charge is -2.02. The molecule has 1 heterocycles. The monoisotopic (exact) mass is 201 g/mol. The number of nitrogens with zero attached hydrogens (tertiary/aromatic N) is 1. The first-order valence-electron chi connectivity index (χ1n) is 3.86. The number of carboxylic acid groups (broad SMARTS) is 1. The number of rotatable bonds is 4. The number of hydrogen-bond donors (Lipinski definition) is 1. The van der Waals surface area contributed by atoms with Crippen molar-refractivity contribution in [2.24, 2.45) is 0 Å². The topological polar surface area (TPSA) is 63.3 Å². The highest BCUT2D eigenvalue weighted by Crippen LogP contribution is 2.17. The molecule has 0 aliphatic rings. The number of hydrogen-bond acceptors (Lipinski definition) is 4. The zero-order valence-corrected chi connectivity index (χ0v) is 8.30. The van der Waals surface area contributed by atoms with Gasteiger partial charge < -0.3 is 9.63 Å². The minimum absolute atomic E-state index is 0.412. The van der Waals surface area contributed by atoms with Crippen LogP contribution in [0.2, 0.25) is 0 Å². The Morgan fingerprint density at radius 3 is 3.00 bits per heavy atom. The molecule has 0 bridgehead atoms. The van der Waals surface area contributed by atoms with Gasteiger partial charge in [-0.15, -0.1) is 11.8 Å². The molecule has 1 aromatic heterocycles. The summed E-state index contributed by atoms with van der Waals surface area (Å²) in [5.41, 5.74) is 0.818.